The molecule has 5 heteroatoms. The van der Waals surface area contributed by atoms with Gasteiger partial charge in [-0.2, -0.15) is 0 Å². The molecule has 0 radical (unpaired) electrons. The van der Waals surface area contributed by atoms with Crippen molar-refractivity contribution in [2.45, 2.75) is 0 Å². The number of hydrogen-bond donors (Lipinski definition) is 1. The number of aromatic nitrogens is 3. The van der Waals surface area contributed by atoms with E-state index in [0.717, 1.165) is 9.73 Å². The van der Waals surface area contributed by atoms with Gasteiger partial charge >= 0.3 is 89.7 Å². The molecule has 0 amide bonds. The minimum atomic E-state index is 0.344. The van der Waals surface area contributed by atoms with Crippen LogP contribution in [0.1, 0.15) is 0 Å². The molecular weight excluding hydrogens is 278 g/mol. The Hall–Kier alpha value is -0.550. The van der Waals surface area contributed by atoms with Gasteiger partial charge < -0.3 is 0 Å². The van der Waals surface area contributed by atoms with Gasteiger partial charge in [-0.3, -0.25) is 0 Å². The Morgan fingerprint density at radius 2 is 2.00 bits per heavy atom. The molecule has 0 aliphatic heterocycles. The summed E-state index contributed by atoms with van der Waals surface area (Å²) in [5.41, 5.74) is 1.07. The number of benzene rings is 1. The molecule has 0 saturated carbocycles. The van der Waals surface area contributed by atoms with Gasteiger partial charge in [-0.05, 0) is 0 Å². The van der Waals surface area contributed by atoms with E-state index >= 15 is 0 Å². The van der Waals surface area contributed by atoms with Crippen molar-refractivity contribution in [3.8, 4) is 5.69 Å². The molecule has 0 N–H and O–H groups in total. The van der Waals surface area contributed by atoms with Crippen molar-refractivity contribution < 1.29 is 18.4 Å². The predicted molar refractivity (Wildman–Crippen MR) is 50.0 cm³/mol. The first-order valence-corrected chi connectivity index (χ1v) is 6.58. The van der Waals surface area contributed by atoms with E-state index in [0.29, 0.717) is 18.4 Å². The summed E-state index contributed by atoms with van der Waals surface area (Å²) in [6, 6.07) is 9.99. The molecule has 3 nitrogen and oxygen atoms in total. The molecule has 0 aliphatic rings. The van der Waals surface area contributed by atoms with Crippen molar-refractivity contribution in [2.24, 2.45) is 0 Å². The normalized spacial score (nSPS) is 10.5. The molecule has 0 bridgehead atoms. The van der Waals surface area contributed by atoms with Crippen molar-refractivity contribution in [2.75, 3.05) is 0 Å². The van der Waals surface area contributed by atoms with Gasteiger partial charge in [-0.1, -0.05) is 0 Å². The van der Waals surface area contributed by atoms with Gasteiger partial charge in [0.15, 0.2) is 0 Å². The van der Waals surface area contributed by atoms with E-state index in [9.17, 15) is 0 Å². The molecule has 0 unspecified atom stereocenters. The standard InChI is InChI=1S/C8H6N3.Ag.H2S/c1-2-4-8(5-3-1)11-6-9-10-7-11;;/h1-6H;;1H2/q;+1;/p-1. The fourth-order valence-electron chi connectivity index (χ4n) is 1.01. The summed E-state index contributed by atoms with van der Waals surface area (Å²) >= 11 is 0.344. The number of nitrogens with zero attached hydrogens (tertiary/aromatic N) is 3. The molecule has 0 fully saturated rings. The Balaban J connectivity index is 2.47. The van der Waals surface area contributed by atoms with E-state index in [2.05, 4.69) is 20.3 Å². The zero-order chi connectivity index (χ0) is 9.10. The Bertz CT molecular complexity index is 387. The quantitative estimate of drug-likeness (QED) is 0.654. The van der Waals surface area contributed by atoms with Gasteiger partial charge in [0.05, 0.1) is 0 Å². The van der Waals surface area contributed by atoms with E-state index in [1.807, 2.05) is 34.9 Å². The van der Waals surface area contributed by atoms with Crippen LogP contribution in [0.4, 0.5) is 0 Å². The first kappa shape index (κ1) is 9.02. The molecule has 71 valence electrons. The summed E-state index contributed by atoms with van der Waals surface area (Å²) in [5.74, 6) is 0. The number of para-hydroxylation sites is 1. The zero-order valence-corrected chi connectivity index (χ0v) is 8.93. The summed E-state index contributed by atoms with van der Waals surface area (Å²) in [6.07, 6.45) is 1.70. The van der Waals surface area contributed by atoms with Crippen LogP contribution in [0.25, 0.3) is 5.69 Å². The summed E-state index contributed by atoms with van der Waals surface area (Å²) in [4.78, 5) is 0. The van der Waals surface area contributed by atoms with Gasteiger partial charge in [-0.25, -0.2) is 0 Å². The summed E-state index contributed by atoms with van der Waals surface area (Å²) in [7, 11) is 4.20. The second-order valence-corrected chi connectivity index (χ2v) is 4.13. The van der Waals surface area contributed by atoms with Crippen LogP contribution >= 0.6 is 10.1 Å². The number of rotatable bonds is 2. The van der Waals surface area contributed by atoms with Crippen LogP contribution in [0.3, 0.4) is 0 Å². The van der Waals surface area contributed by atoms with Crippen LogP contribution in [0.15, 0.2) is 36.7 Å². The van der Waals surface area contributed by atoms with Crippen LogP contribution in [-0.4, -0.2) is 14.8 Å². The van der Waals surface area contributed by atoms with E-state index in [4.69, 9.17) is 0 Å². The second-order valence-electron chi connectivity index (χ2n) is 2.34. The minimum absolute atomic E-state index is 0.344. The zero-order valence-electron chi connectivity index (χ0n) is 6.55. The third-order valence-electron chi connectivity index (χ3n) is 1.57. The third kappa shape index (κ3) is 1.86. The molecule has 0 saturated heterocycles. The van der Waals surface area contributed by atoms with Crippen LogP contribution in [0, 0.1) is 0 Å². The van der Waals surface area contributed by atoms with Crippen LogP contribution in [-0.2, 0) is 18.4 Å². The van der Waals surface area contributed by atoms with Crippen LogP contribution in [0.2, 0.25) is 0 Å². The van der Waals surface area contributed by atoms with E-state index in [-0.39, 0.29) is 0 Å². The van der Waals surface area contributed by atoms with Crippen molar-refractivity contribution >= 4 is 14.1 Å². The Labute approximate surface area is 89.5 Å². The third-order valence-corrected chi connectivity index (χ3v) is 3.09. The van der Waals surface area contributed by atoms with Crippen molar-refractivity contribution in [3.63, 3.8) is 0 Å². The SMILES string of the molecule is [SH][Ag][c]1nncn1-c1ccccc1. The summed E-state index contributed by atoms with van der Waals surface area (Å²) < 4.78 is 2.82. The molecule has 2 rings (SSSR count). The maximum absolute atomic E-state index is 4.20. The summed E-state index contributed by atoms with van der Waals surface area (Å²) in [5, 5.41) is 7.80. The van der Waals surface area contributed by atoms with Gasteiger partial charge in [-0.15, -0.1) is 0 Å². The van der Waals surface area contributed by atoms with Gasteiger partial charge in [0.25, 0.3) is 0 Å². The van der Waals surface area contributed by atoms with Gasteiger partial charge in [0.2, 0.25) is 0 Å². The van der Waals surface area contributed by atoms with Gasteiger partial charge in [0, 0.05) is 0 Å². The molecule has 1 aromatic carbocycles. The average Bonchev–Trinajstić information content (AvgIpc) is 2.67. The first-order chi connectivity index (χ1) is 6.42. The fourth-order valence-corrected chi connectivity index (χ4v) is 2.14. The van der Waals surface area contributed by atoms with E-state index in [1.54, 1.807) is 6.33 Å². The van der Waals surface area contributed by atoms with Crippen molar-refractivity contribution in [1.29, 1.82) is 0 Å². The first-order valence-electron chi connectivity index (χ1n) is 3.58. The molecule has 1 aromatic heterocycles. The topological polar surface area (TPSA) is 30.7 Å². The molecule has 1 heterocycles. The van der Waals surface area contributed by atoms with Crippen molar-refractivity contribution in [1.82, 2.24) is 14.8 Å². The van der Waals surface area contributed by atoms with Crippen LogP contribution in [0.5, 0.6) is 0 Å². The second kappa shape index (κ2) is 4.11. The molecule has 0 atom stereocenters. The monoisotopic (exact) mass is 284 g/mol. The average molecular weight is 285 g/mol. The molecule has 0 aliphatic carbocycles. The van der Waals surface area contributed by atoms with Gasteiger partial charge in [0.1, 0.15) is 0 Å². The fraction of sp³-hybridized carbons (Fsp3) is 0. The molecule has 13 heavy (non-hydrogen) atoms. The molecule has 2 aromatic rings. The van der Waals surface area contributed by atoms with E-state index in [1.165, 1.54) is 0 Å². The van der Waals surface area contributed by atoms with Crippen molar-refractivity contribution in [3.05, 3.63) is 36.7 Å². The Morgan fingerprint density at radius 3 is 2.69 bits per heavy atom. The Kier molecular flexibility index (Phi) is 2.85. The number of thiol groups is 1. The molecular formula is C8H7AgN3S. The summed E-state index contributed by atoms with van der Waals surface area (Å²) in [6.45, 7) is 0. The van der Waals surface area contributed by atoms with E-state index < -0.39 is 0 Å². The maximum atomic E-state index is 4.20. The van der Waals surface area contributed by atoms with Crippen LogP contribution < -0.4 is 4.04 Å². The molecule has 0 spiro atoms. The number of hydrogen-bond acceptors (Lipinski definition) is 3. The predicted octanol–water partition coefficient (Wildman–Crippen LogP) is 0.820. The Morgan fingerprint density at radius 1 is 1.23 bits per heavy atom.